The molecule has 0 unspecified atom stereocenters. The van der Waals surface area contributed by atoms with Crippen LogP contribution in [0, 0.1) is 5.41 Å². The summed E-state index contributed by atoms with van der Waals surface area (Å²) >= 11 is 0. The second-order valence-electron chi connectivity index (χ2n) is 3.68. The summed E-state index contributed by atoms with van der Waals surface area (Å²) < 4.78 is 0. The first-order valence-electron chi connectivity index (χ1n) is 4.15. The van der Waals surface area contributed by atoms with E-state index in [0.29, 0.717) is 0 Å². The topological polar surface area (TPSA) is 17.1 Å². The minimum absolute atomic E-state index is 0.166. The zero-order chi connectivity index (χ0) is 7.90. The predicted octanol–water partition coefficient (Wildman–Crippen LogP) is 2.24. The zero-order valence-electron chi connectivity index (χ0n) is 6.76. The van der Waals surface area contributed by atoms with Crippen LogP contribution in [-0.4, -0.2) is 5.78 Å². The summed E-state index contributed by atoms with van der Waals surface area (Å²) in [6.07, 6.45) is 9.15. The molecular weight excluding hydrogens is 136 g/mol. The summed E-state index contributed by atoms with van der Waals surface area (Å²) in [6.45, 7) is 2.22. The van der Waals surface area contributed by atoms with Crippen molar-refractivity contribution in [3.8, 4) is 0 Å². The first-order valence-corrected chi connectivity index (χ1v) is 4.15. The fourth-order valence-electron chi connectivity index (χ4n) is 2.01. The van der Waals surface area contributed by atoms with Crippen molar-refractivity contribution in [3.63, 3.8) is 0 Å². The Kier molecular flexibility index (Phi) is 1.28. The van der Waals surface area contributed by atoms with Crippen LogP contribution < -0.4 is 0 Å². The van der Waals surface area contributed by atoms with Crippen LogP contribution in [0.4, 0.5) is 0 Å². The number of allylic oxidation sites excluding steroid dienone is 4. The quantitative estimate of drug-likeness (QED) is 0.515. The second-order valence-corrected chi connectivity index (χ2v) is 3.68. The molecule has 1 heteroatoms. The maximum atomic E-state index is 11.0. The maximum absolute atomic E-state index is 11.0. The lowest BCUT2D eigenvalue weighted by Gasteiger charge is -2.23. The van der Waals surface area contributed by atoms with Crippen LogP contribution in [0.5, 0.6) is 0 Å². The molecule has 1 atom stereocenters. The Morgan fingerprint density at radius 1 is 1.55 bits per heavy atom. The zero-order valence-corrected chi connectivity index (χ0v) is 6.76. The molecule has 0 aromatic carbocycles. The van der Waals surface area contributed by atoms with Crippen molar-refractivity contribution >= 4 is 5.78 Å². The number of ketones is 1. The van der Waals surface area contributed by atoms with Crippen molar-refractivity contribution in [2.24, 2.45) is 5.41 Å². The molecule has 0 bridgehead atoms. The third kappa shape index (κ3) is 0.953. The minimum Gasteiger partial charge on any atom is -0.290 e. The highest BCUT2D eigenvalue weighted by Crippen LogP contribution is 2.45. The molecule has 0 amide bonds. The van der Waals surface area contributed by atoms with Crippen LogP contribution in [0.1, 0.15) is 26.2 Å². The van der Waals surface area contributed by atoms with E-state index in [2.05, 4.69) is 13.0 Å². The SMILES string of the molecule is C[C@]12C=CC(=O)C=C1CCC2. The van der Waals surface area contributed by atoms with Crippen LogP contribution in [-0.2, 0) is 4.79 Å². The van der Waals surface area contributed by atoms with E-state index in [9.17, 15) is 4.79 Å². The van der Waals surface area contributed by atoms with Crippen LogP contribution >= 0.6 is 0 Å². The van der Waals surface area contributed by atoms with Crippen LogP contribution in [0.25, 0.3) is 0 Å². The van der Waals surface area contributed by atoms with Gasteiger partial charge < -0.3 is 0 Å². The van der Waals surface area contributed by atoms with Crippen molar-refractivity contribution in [1.29, 1.82) is 0 Å². The number of hydrogen-bond acceptors (Lipinski definition) is 1. The van der Waals surface area contributed by atoms with E-state index in [0.717, 1.165) is 6.42 Å². The third-order valence-corrected chi connectivity index (χ3v) is 2.81. The largest absolute Gasteiger partial charge is 0.290 e. The van der Waals surface area contributed by atoms with Gasteiger partial charge in [0.1, 0.15) is 0 Å². The highest BCUT2D eigenvalue weighted by atomic mass is 16.1. The van der Waals surface area contributed by atoms with Gasteiger partial charge >= 0.3 is 0 Å². The Labute approximate surface area is 66.8 Å². The molecule has 0 aromatic heterocycles. The van der Waals surface area contributed by atoms with Crippen LogP contribution in [0.2, 0.25) is 0 Å². The molecule has 0 aliphatic heterocycles. The van der Waals surface area contributed by atoms with Gasteiger partial charge in [0.2, 0.25) is 0 Å². The summed E-state index contributed by atoms with van der Waals surface area (Å²) in [4.78, 5) is 11.0. The smallest absolute Gasteiger partial charge is 0.178 e. The first-order chi connectivity index (χ1) is 5.21. The van der Waals surface area contributed by atoms with E-state index < -0.39 is 0 Å². The van der Waals surface area contributed by atoms with E-state index in [1.807, 2.05) is 6.08 Å². The van der Waals surface area contributed by atoms with E-state index >= 15 is 0 Å². The summed E-state index contributed by atoms with van der Waals surface area (Å²) in [5.41, 5.74) is 1.57. The predicted molar refractivity (Wildman–Crippen MR) is 44.2 cm³/mol. The molecule has 1 nitrogen and oxygen atoms in total. The molecule has 0 heterocycles. The van der Waals surface area contributed by atoms with Crippen LogP contribution in [0.3, 0.4) is 0 Å². The molecule has 1 fully saturated rings. The van der Waals surface area contributed by atoms with E-state index in [-0.39, 0.29) is 11.2 Å². The Bertz CT molecular complexity index is 260. The monoisotopic (exact) mass is 148 g/mol. The average molecular weight is 148 g/mol. The lowest BCUT2D eigenvalue weighted by atomic mass is 9.81. The van der Waals surface area contributed by atoms with Gasteiger partial charge in [-0.2, -0.15) is 0 Å². The molecule has 11 heavy (non-hydrogen) atoms. The molecule has 0 saturated heterocycles. The number of carbonyl (C=O) groups excluding carboxylic acids is 1. The lowest BCUT2D eigenvalue weighted by Crippen LogP contribution is -2.14. The summed E-state index contributed by atoms with van der Waals surface area (Å²) in [6, 6.07) is 0. The molecule has 2 rings (SSSR count). The molecule has 1 saturated carbocycles. The van der Waals surface area contributed by atoms with Gasteiger partial charge in [0.15, 0.2) is 5.78 Å². The second kappa shape index (κ2) is 2.07. The summed E-state index contributed by atoms with van der Waals surface area (Å²) in [5.74, 6) is 0.166. The van der Waals surface area contributed by atoms with E-state index in [4.69, 9.17) is 0 Å². The molecule has 0 radical (unpaired) electrons. The van der Waals surface area contributed by atoms with Crippen molar-refractivity contribution < 1.29 is 4.79 Å². The molecular formula is C10H12O. The molecule has 2 aliphatic rings. The van der Waals surface area contributed by atoms with Crippen molar-refractivity contribution in [1.82, 2.24) is 0 Å². The van der Waals surface area contributed by atoms with E-state index in [1.54, 1.807) is 6.08 Å². The van der Waals surface area contributed by atoms with Gasteiger partial charge in [0.25, 0.3) is 0 Å². The van der Waals surface area contributed by atoms with Crippen molar-refractivity contribution in [2.45, 2.75) is 26.2 Å². The number of rotatable bonds is 0. The fourth-order valence-corrected chi connectivity index (χ4v) is 2.01. The van der Waals surface area contributed by atoms with Gasteiger partial charge in [-0.1, -0.05) is 18.6 Å². The van der Waals surface area contributed by atoms with Crippen LogP contribution in [0.15, 0.2) is 23.8 Å². The first kappa shape index (κ1) is 6.84. The Morgan fingerprint density at radius 2 is 2.36 bits per heavy atom. The van der Waals surface area contributed by atoms with Crippen molar-refractivity contribution in [2.75, 3.05) is 0 Å². The van der Waals surface area contributed by atoms with Gasteiger partial charge in [-0.3, -0.25) is 4.79 Å². The normalized spacial score (nSPS) is 35.4. The Balaban J connectivity index is 2.41. The van der Waals surface area contributed by atoms with E-state index in [1.165, 1.54) is 18.4 Å². The number of fused-ring (bicyclic) bond motifs is 1. The molecule has 58 valence electrons. The van der Waals surface area contributed by atoms with Gasteiger partial charge in [0.05, 0.1) is 0 Å². The van der Waals surface area contributed by atoms with Gasteiger partial charge in [-0.15, -0.1) is 0 Å². The number of hydrogen-bond donors (Lipinski definition) is 0. The average Bonchev–Trinajstić information content (AvgIpc) is 2.31. The molecule has 0 spiro atoms. The summed E-state index contributed by atoms with van der Waals surface area (Å²) in [7, 11) is 0. The van der Waals surface area contributed by atoms with Gasteiger partial charge in [-0.05, 0) is 31.4 Å². The number of carbonyl (C=O) groups is 1. The third-order valence-electron chi connectivity index (χ3n) is 2.81. The van der Waals surface area contributed by atoms with Crippen molar-refractivity contribution in [3.05, 3.63) is 23.8 Å². The Morgan fingerprint density at radius 3 is 3.18 bits per heavy atom. The van der Waals surface area contributed by atoms with Gasteiger partial charge in [-0.25, -0.2) is 0 Å². The molecule has 0 N–H and O–H groups in total. The van der Waals surface area contributed by atoms with Gasteiger partial charge in [0, 0.05) is 5.41 Å². The summed E-state index contributed by atoms with van der Waals surface area (Å²) in [5, 5.41) is 0. The standard InChI is InChI=1S/C10H12O/c1-10-5-2-3-8(10)7-9(11)4-6-10/h4,6-7H,2-3,5H2,1H3/t10-/m0/s1. The fraction of sp³-hybridized carbons (Fsp3) is 0.500. The lowest BCUT2D eigenvalue weighted by molar-refractivity contribution is -0.110. The highest BCUT2D eigenvalue weighted by molar-refractivity contribution is 6.01. The Hall–Kier alpha value is -0.850. The molecule has 2 aliphatic carbocycles. The minimum atomic E-state index is 0.166. The molecule has 0 aromatic rings. The maximum Gasteiger partial charge on any atom is 0.178 e. The highest BCUT2D eigenvalue weighted by Gasteiger charge is 2.33.